The lowest BCUT2D eigenvalue weighted by molar-refractivity contribution is 0.669. The summed E-state index contributed by atoms with van der Waals surface area (Å²) >= 11 is 0. The van der Waals surface area contributed by atoms with Crippen molar-refractivity contribution in [3.05, 3.63) is 140 Å². The lowest BCUT2D eigenvalue weighted by atomic mass is 10.0. The number of furan rings is 1. The zero-order chi connectivity index (χ0) is 27.2. The van der Waals surface area contributed by atoms with E-state index in [-0.39, 0.29) is 0 Å². The van der Waals surface area contributed by atoms with Crippen molar-refractivity contribution in [2.75, 3.05) is 0 Å². The summed E-state index contributed by atoms with van der Waals surface area (Å²) in [5.41, 5.74) is 6.69. The Morgan fingerprint density at radius 1 is 0.341 bits per heavy atom. The highest BCUT2D eigenvalue weighted by Gasteiger charge is 2.15. The molecule has 0 saturated heterocycles. The van der Waals surface area contributed by atoms with Crippen LogP contribution in [0.2, 0.25) is 0 Å². The Kier molecular flexibility index (Phi) is 5.42. The lowest BCUT2D eigenvalue weighted by Crippen LogP contribution is -2.00. The van der Waals surface area contributed by atoms with Crippen LogP contribution in [0.25, 0.3) is 78.0 Å². The zero-order valence-electron chi connectivity index (χ0n) is 22.0. The van der Waals surface area contributed by atoms with Crippen LogP contribution in [-0.2, 0) is 0 Å². The van der Waals surface area contributed by atoms with Gasteiger partial charge in [0.05, 0.1) is 0 Å². The first-order chi connectivity index (χ1) is 20.3. The Morgan fingerprint density at radius 2 is 0.927 bits per heavy atom. The van der Waals surface area contributed by atoms with Crippen LogP contribution in [0.5, 0.6) is 0 Å². The second kappa shape index (κ2) is 9.54. The third-order valence-electron chi connectivity index (χ3n) is 7.51. The molecule has 0 amide bonds. The minimum Gasteiger partial charge on any atom is -0.456 e. The van der Waals surface area contributed by atoms with E-state index in [4.69, 9.17) is 19.4 Å². The van der Waals surface area contributed by atoms with E-state index in [1.807, 2.05) is 36.4 Å². The first-order valence-electron chi connectivity index (χ1n) is 13.6. The fourth-order valence-electron chi connectivity index (χ4n) is 5.43. The van der Waals surface area contributed by atoms with Crippen molar-refractivity contribution in [2.24, 2.45) is 0 Å². The molecule has 0 bridgehead atoms. The fraction of sp³-hybridized carbons (Fsp3) is 0. The monoisotopic (exact) mass is 525 g/mol. The molecule has 0 fully saturated rings. The van der Waals surface area contributed by atoms with Gasteiger partial charge in [0, 0.05) is 27.5 Å². The summed E-state index contributed by atoms with van der Waals surface area (Å²) in [6.45, 7) is 0. The van der Waals surface area contributed by atoms with E-state index in [2.05, 4.69) is 103 Å². The second-order valence-electron chi connectivity index (χ2n) is 10.1. The minimum atomic E-state index is 0.602. The number of hydrogen-bond donors (Lipinski definition) is 0. The molecular formula is C37H23N3O. The average molecular weight is 526 g/mol. The fourth-order valence-corrected chi connectivity index (χ4v) is 5.43. The summed E-state index contributed by atoms with van der Waals surface area (Å²) in [5.74, 6) is 1.86. The Balaban J connectivity index is 1.32. The molecule has 0 radical (unpaired) electrons. The smallest absolute Gasteiger partial charge is 0.164 e. The van der Waals surface area contributed by atoms with Gasteiger partial charge in [-0.15, -0.1) is 0 Å². The third kappa shape index (κ3) is 4.23. The molecule has 0 atom stereocenters. The maximum absolute atomic E-state index is 6.19. The van der Waals surface area contributed by atoms with Crippen LogP contribution in [0.1, 0.15) is 0 Å². The van der Waals surface area contributed by atoms with E-state index >= 15 is 0 Å². The zero-order valence-corrected chi connectivity index (χ0v) is 22.0. The molecule has 6 aromatic carbocycles. The van der Waals surface area contributed by atoms with Gasteiger partial charge in [0.25, 0.3) is 0 Å². The van der Waals surface area contributed by atoms with Crippen molar-refractivity contribution in [3.63, 3.8) is 0 Å². The van der Waals surface area contributed by atoms with Crippen LogP contribution in [-0.4, -0.2) is 15.0 Å². The summed E-state index contributed by atoms with van der Waals surface area (Å²) in [7, 11) is 0. The molecule has 192 valence electrons. The predicted octanol–water partition coefficient (Wildman–Crippen LogP) is 9.59. The third-order valence-corrected chi connectivity index (χ3v) is 7.51. The van der Waals surface area contributed by atoms with Gasteiger partial charge < -0.3 is 4.42 Å². The summed E-state index contributed by atoms with van der Waals surface area (Å²) in [5, 5.41) is 4.49. The van der Waals surface area contributed by atoms with Crippen molar-refractivity contribution in [1.82, 2.24) is 15.0 Å². The van der Waals surface area contributed by atoms with Crippen molar-refractivity contribution in [2.45, 2.75) is 0 Å². The van der Waals surface area contributed by atoms with Crippen LogP contribution in [0.4, 0.5) is 0 Å². The molecule has 4 heteroatoms. The van der Waals surface area contributed by atoms with Gasteiger partial charge in [-0.25, -0.2) is 15.0 Å². The minimum absolute atomic E-state index is 0.602. The van der Waals surface area contributed by atoms with Crippen LogP contribution < -0.4 is 0 Å². The molecule has 0 saturated carbocycles. The molecule has 4 nitrogen and oxygen atoms in total. The van der Waals surface area contributed by atoms with Crippen LogP contribution in [0.3, 0.4) is 0 Å². The largest absolute Gasteiger partial charge is 0.456 e. The first kappa shape index (κ1) is 23.3. The van der Waals surface area contributed by atoms with E-state index < -0.39 is 0 Å². The number of hydrogen-bond acceptors (Lipinski definition) is 4. The Morgan fingerprint density at radius 3 is 1.76 bits per heavy atom. The molecule has 41 heavy (non-hydrogen) atoms. The van der Waals surface area contributed by atoms with E-state index in [0.717, 1.165) is 55.1 Å². The molecule has 0 N–H and O–H groups in total. The number of fused-ring (bicyclic) bond motifs is 4. The van der Waals surface area contributed by atoms with Gasteiger partial charge in [0.15, 0.2) is 17.5 Å². The number of nitrogens with zero attached hydrogens (tertiary/aromatic N) is 3. The summed E-state index contributed by atoms with van der Waals surface area (Å²) in [4.78, 5) is 15.0. The molecule has 0 aliphatic rings. The molecule has 0 spiro atoms. The summed E-state index contributed by atoms with van der Waals surface area (Å²) in [6.07, 6.45) is 0. The Bertz CT molecular complexity index is 2220. The lowest BCUT2D eigenvalue weighted by Gasteiger charge is -2.10. The number of benzene rings is 6. The van der Waals surface area contributed by atoms with E-state index in [0.29, 0.717) is 17.5 Å². The first-order valence-corrected chi connectivity index (χ1v) is 13.6. The average Bonchev–Trinajstić information content (AvgIpc) is 3.43. The van der Waals surface area contributed by atoms with Gasteiger partial charge >= 0.3 is 0 Å². The normalized spacial score (nSPS) is 11.4. The Labute approximate surface area is 236 Å². The summed E-state index contributed by atoms with van der Waals surface area (Å²) in [6, 6.07) is 47.6. The topological polar surface area (TPSA) is 51.8 Å². The van der Waals surface area contributed by atoms with Crippen molar-refractivity contribution >= 4 is 32.7 Å². The quantitative estimate of drug-likeness (QED) is 0.230. The van der Waals surface area contributed by atoms with Gasteiger partial charge in [-0.05, 0) is 52.2 Å². The van der Waals surface area contributed by atoms with Gasteiger partial charge in [-0.3, -0.25) is 0 Å². The number of aromatic nitrogens is 3. The molecule has 8 rings (SSSR count). The Hall–Kier alpha value is -5.61. The standard InChI is InChI=1S/C37H23N3O/c1-2-9-24(10-3-1)27-13-8-14-28(21-27)35-38-36(29-18-17-25-11-4-5-12-26(25)22-29)40-37(39-35)30-19-20-32-31-15-6-7-16-33(31)41-34(32)23-30/h1-23H. The highest BCUT2D eigenvalue weighted by molar-refractivity contribution is 6.05. The van der Waals surface area contributed by atoms with E-state index in [9.17, 15) is 0 Å². The van der Waals surface area contributed by atoms with Gasteiger partial charge in [-0.1, -0.05) is 109 Å². The van der Waals surface area contributed by atoms with Crippen LogP contribution in [0.15, 0.2) is 144 Å². The van der Waals surface area contributed by atoms with E-state index in [1.54, 1.807) is 0 Å². The van der Waals surface area contributed by atoms with Crippen LogP contribution in [0, 0.1) is 0 Å². The molecule has 0 aliphatic carbocycles. The maximum atomic E-state index is 6.19. The molecule has 2 aromatic heterocycles. The van der Waals surface area contributed by atoms with Gasteiger partial charge in [0.2, 0.25) is 0 Å². The summed E-state index contributed by atoms with van der Waals surface area (Å²) < 4.78 is 6.19. The van der Waals surface area contributed by atoms with Crippen molar-refractivity contribution in [3.8, 4) is 45.3 Å². The number of para-hydroxylation sites is 1. The number of rotatable bonds is 4. The highest BCUT2D eigenvalue weighted by atomic mass is 16.3. The highest BCUT2D eigenvalue weighted by Crippen LogP contribution is 2.33. The second-order valence-corrected chi connectivity index (χ2v) is 10.1. The predicted molar refractivity (Wildman–Crippen MR) is 166 cm³/mol. The van der Waals surface area contributed by atoms with Crippen molar-refractivity contribution in [1.29, 1.82) is 0 Å². The molecule has 8 aromatic rings. The van der Waals surface area contributed by atoms with Gasteiger partial charge in [-0.2, -0.15) is 0 Å². The molecular weight excluding hydrogens is 502 g/mol. The molecule has 0 unspecified atom stereocenters. The molecule has 2 heterocycles. The van der Waals surface area contributed by atoms with Crippen LogP contribution >= 0.6 is 0 Å². The maximum Gasteiger partial charge on any atom is 0.164 e. The SMILES string of the molecule is c1ccc(-c2cccc(-c3nc(-c4ccc5ccccc5c4)nc(-c4ccc5c(c4)oc4ccccc45)n3)c2)cc1. The van der Waals surface area contributed by atoms with E-state index in [1.165, 1.54) is 5.39 Å². The van der Waals surface area contributed by atoms with Gasteiger partial charge in [0.1, 0.15) is 11.2 Å². The molecule has 0 aliphatic heterocycles. The van der Waals surface area contributed by atoms with Crippen molar-refractivity contribution < 1.29 is 4.42 Å².